The molecular weight excluding hydrogens is 247 g/mol. The molecule has 1 rings (SSSR count). The Morgan fingerprint density at radius 2 is 1.65 bits per heavy atom. The van der Waals surface area contributed by atoms with E-state index in [0.717, 1.165) is 36.8 Å². The Balaban J connectivity index is 3.31. The molecule has 0 heterocycles. The van der Waals surface area contributed by atoms with Gasteiger partial charge in [-0.25, -0.2) is 4.39 Å². The molecule has 0 saturated heterocycles. The van der Waals surface area contributed by atoms with Gasteiger partial charge in [-0.05, 0) is 47.6 Å². The molecule has 0 bridgehead atoms. The van der Waals surface area contributed by atoms with Crippen molar-refractivity contribution in [2.24, 2.45) is 5.92 Å². The van der Waals surface area contributed by atoms with E-state index in [-0.39, 0.29) is 11.2 Å². The zero-order chi connectivity index (χ0) is 15.3. The second-order valence-corrected chi connectivity index (χ2v) is 6.38. The van der Waals surface area contributed by atoms with Gasteiger partial charge >= 0.3 is 0 Å². The normalized spacial score (nSPS) is 15.2. The molecule has 2 atom stereocenters. The van der Waals surface area contributed by atoms with Crippen LogP contribution < -0.4 is 0 Å². The molecule has 20 heavy (non-hydrogen) atoms. The summed E-state index contributed by atoms with van der Waals surface area (Å²) in [5.74, 6) is 0.906. The van der Waals surface area contributed by atoms with Gasteiger partial charge in [-0.3, -0.25) is 0 Å². The van der Waals surface area contributed by atoms with Crippen LogP contribution in [0.15, 0.2) is 18.2 Å². The molecular formula is C19H31F. The molecule has 0 saturated carbocycles. The minimum atomic E-state index is -0.0478. The minimum Gasteiger partial charge on any atom is -0.206 e. The summed E-state index contributed by atoms with van der Waals surface area (Å²) < 4.78 is 15.1. The Morgan fingerprint density at radius 1 is 1.05 bits per heavy atom. The molecule has 2 unspecified atom stereocenters. The molecule has 1 aromatic carbocycles. The molecule has 0 aliphatic carbocycles. The van der Waals surface area contributed by atoms with E-state index < -0.39 is 0 Å². The van der Waals surface area contributed by atoms with Crippen molar-refractivity contribution in [3.05, 3.63) is 35.1 Å². The first-order valence-electron chi connectivity index (χ1n) is 8.23. The van der Waals surface area contributed by atoms with Crippen LogP contribution in [0.1, 0.15) is 84.3 Å². The van der Waals surface area contributed by atoms with Crippen molar-refractivity contribution >= 4 is 0 Å². The van der Waals surface area contributed by atoms with Crippen LogP contribution in [0.4, 0.5) is 4.39 Å². The largest absolute Gasteiger partial charge is 0.206 e. The highest BCUT2D eigenvalue weighted by Gasteiger charge is 2.29. The summed E-state index contributed by atoms with van der Waals surface area (Å²) >= 11 is 0. The smallest absolute Gasteiger partial charge is 0.130 e. The van der Waals surface area contributed by atoms with Crippen LogP contribution in [0.2, 0.25) is 0 Å². The molecule has 0 spiro atoms. The molecule has 0 amide bonds. The first kappa shape index (κ1) is 17.2. The van der Waals surface area contributed by atoms with Gasteiger partial charge in [0.2, 0.25) is 0 Å². The van der Waals surface area contributed by atoms with Gasteiger partial charge < -0.3 is 0 Å². The van der Waals surface area contributed by atoms with E-state index in [1.165, 1.54) is 0 Å². The van der Waals surface area contributed by atoms with Crippen LogP contribution in [-0.4, -0.2) is 0 Å². The lowest BCUT2D eigenvalue weighted by molar-refractivity contribution is 0.391. The molecule has 0 radical (unpaired) electrons. The lowest BCUT2D eigenvalue weighted by Gasteiger charge is -2.30. The van der Waals surface area contributed by atoms with Crippen LogP contribution in [0.5, 0.6) is 0 Å². The number of benzene rings is 1. The molecule has 1 heteroatoms. The van der Waals surface area contributed by atoms with Crippen molar-refractivity contribution < 1.29 is 4.39 Å². The summed E-state index contributed by atoms with van der Waals surface area (Å²) in [6.45, 7) is 13.1. The number of halogens is 1. The first-order valence-corrected chi connectivity index (χ1v) is 8.23. The van der Waals surface area contributed by atoms with Crippen LogP contribution in [-0.2, 0) is 5.41 Å². The Hall–Kier alpha value is -0.850. The van der Waals surface area contributed by atoms with Crippen LogP contribution >= 0.6 is 0 Å². The fourth-order valence-electron chi connectivity index (χ4n) is 3.15. The first-order chi connectivity index (χ1) is 9.45. The lowest BCUT2D eigenvalue weighted by Crippen LogP contribution is -2.23. The third kappa shape index (κ3) is 3.24. The molecule has 0 aliphatic heterocycles. The van der Waals surface area contributed by atoms with Crippen molar-refractivity contribution in [2.75, 3.05) is 0 Å². The van der Waals surface area contributed by atoms with Crippen molar-refractivity contribution in [1.82, 2.24) is 0 Å². The predicted octanol–water partition coefficient (Wildman–Crippen LogP) is 6.44. The maximum absolute atomic E-state index is 15.1. The van der Waals surface area contributed by atoms with E-state index in [1.807, 2.05) is 18.2 Å². The van der Waals surface area contributed by atoms with Gasteiger partial charge in [0.15, 0.2) is 0 Å². The van der Waals surface area contributed by atoms with Crippen molar-refractivity contribution in [3.8, 4) is 0 Å². The molecule has 0 fully saturated rings. The molecule has 0 aromatic heterocycles. The van der Waals surface area contributed by atoms with Gasteiger partial charge in [0.05, 0.1) is 0 Å². The third-order valence-corrected chi connectivity index (χ3v) is 5.41. The molecule has 0 aliphatic rings. The Labute approximate surface area is 124 Å². The lowest BCUT2D eigenvalue weighted by atomic mass is 9.75. The van der Waals surface area contributed by atoms with E-state index in [0.29, 0.717) is 11.8 Å². The quantitative estimate of drug-likeness (QED) is 0.538. The minimum absolute atomic E-state index is 0.0471. The van der Waals surface area contributed by atoms with Crippen LogP contribution in [0.25, 0.3) is 0 Å². The molecule has 1 aromatic rings. The van der Waals surface area contributed by atoms with E-state index in [1.54, 1.807) is 0 Å². The average Bonchev–Trinajstić information content (AvgIpc) is 2.48. The Morgan fingerprint density at radius 3 is 2.10 bits per heavy atom. The van der Waals surface area contributed by atoms with Crippen molar-refractivity contribution in [2.45, 2.75) is 78.6 Å². The van der Waals surface area contributed by atoms with E-state index >= 15 is 4.39 Å². The average molecular weight is 278 g/mol. The van der Waals surface area contributed by atoms with E-state index in [9.17, 15) is 0 Å². The van der Waals surface area contributed by atoms with Gasteiger partial charge in [-0.15, -0.1) is 0 Å². The molecule has 0 N–H and O–H groups in total. The van der Waals surface area contributed by atoms with Crippen LogP contribution in [0.3, 0.4) is 0 Å². The molecule has 114 valence electrons. The van der Waals surface area contributed by atoms with Gasteiger partial charge in [0, 0.05) is 0 Å². The third-order valence-electron chi connectivity index (χ3n) is 5.41. The monoisotopic (exact) mass is 278 g/mol. The van der Waals surface area contributed by atoms with E-state index in [4.69, 9.17) is 0 Å². The topological polar surface area (TPSA) is 0 Å². The van der Waals surface area contributed by atoms with Gasteiger partial charge in [-0.1, -0.05) is 66.2 Å². The molecule has 0 nitrogen and oxygen atoms in total. The highest BCUT2D eigenvalue weighted by atomic mass is 19.1. The number of hydrogen-bond acceptors (Lipinski definition) is 0. The zero-order valence-corrected chi connectivity index (χ0v) is 14.1. The summed E-state index contributed by atoms with van der Waals surface area (Å²) in [4.78, 5) is 0. The highest BCUT2D eigenvalue weighted by Crippen LogP contribution is 2.38. The van der Waals surface area contributed by atoms with Gasteiger partial charge in [0.1, 0.15) is 5.82 Å². The Bertz CT molecular complexity index is 418. The maximum Gasteiger partial charge on any atom is 0.130 e. The second kappa shape index (κ2) is 7.24. The highest BCUT2D eigenvalue weighted by molar-refractivity contribution is 5.34. The van der Waals surface area contributed by atoms with E-state index in [2.05, 4.69) is 41.5 Å². The summed E-state index contributed by atoms with van der Waals surface area (Å²) in [7, 11) is 0. The maximum atomic E-state index is 15.1. The predicted molar refractivity (Wildman–Crippen MR) is 86.8 cm³/mol. The summed E-state index contributed by atoms with van der Waals surface area (Å²) in [5.41, 5.74) is 1.78. The van der Waals surface area contributed by atoms with Gasteiger partial charge in [-0.2, -0.15) is 0 Å². The standard InChI is InChI=1S/C19H31F/c1-7-14(5)15(8-2)16-12-11-13-17(18(16)20)19(6,9-3)10-4/h11-15H,7-10H2,1-6H3. The number of hydrogen-bond donors (Lipinski definition) is 0. The van der Waals surface area contributed by atoms with Gasteiger partial charge in [0.25, 0.3) is 0 Å². The SMILES string of the molecule is CCC(C)C(CC)c1cccc(C(C)(CC)CC)c1F. The second-order valence-electron chi connectivity index (χ2n) is 6.38. The number of rotatable bonds is 7. The zero-order valence-electron chi connectivity index (χ0n) is 14.1. The summed E-state index contributed by atoms with van der Waals surface area (Å²) in [6.07, 6.45) is 4.05. The Kier molecular flexibility index (Phi) is 6.23. The fourth-order valence-corrected chi connectivity index (χ4v) is 3.15. The fraction of sp³-hybridized carbons (Fsp3) is 0.684. The summed E-state index contributed by atoms with van der Waals surface area (Å²) in [6, 6.07) is 6.02. The van der Waals surface area contributed by atoms with Crippen LogP contribution in [0, 0.1) is 11.7 Å². The van der Waals surface area contributed by atoms with Crippen molar-refractivity contribution in [1.29, 1.82) is 0 Å². The van der Waals surface area contributed by atoms with Crippen molar-refractivity contribution in [3.63, 3.8) is 0 Å². The summed E-state index contributed by atoms with van der Waals surface area (Å²) in [5, 5.41) is 0.